The summed E-state index contributed by atoms with van der Waals surface area (Å²) in [4.78, 5) is 100. The lowest BCUT2D eigenvalue weighted by Gasteiger charge is -2.40. The van der Waals surface area contributed by atoms with Crippen LogP contribution in [0.4, 0.5) is 17.1 Å². The van der Waals surface area contributed by atoms with Crippen LogP contribution in [0.15, 0.2) is 201 Å². The first kappa shape index (κ1) is 79.2. The van der Waals surface area contributed by atoms with Crippen LogP contribution in [0.1, 0.15) is 63.5 Å². The number of imidazole rings is 2. The van der Waals surface area contributed by atoms with Gasteiger partial charge in [-0.15, -0.1) is 0 Å². The number of aryl methyl sites for hydroxylation is 4. The molecule has 0 N–H and O–H groups in total. The van der Waals surface area contributed by atoms with Crippen molar-refractivity contribution < 1.29 is 4.42 Å². The van der Waals surface area contributed by atoms with Crippen LogP contribution in [-0.2, 0) is 7.05 Å². The normalized spacial score (nSPS) is 16.0. The van der Waals surface area contributed by atoms with Crippen molar-refractivity contribution in [3.63, 3.8) is 0 Å². The third-order valence-corrected chi connectivity index (χ3v) is 23.6. The summed E-state index contributed by atoms with van der Waals surface area (Å²) in [6.45, 7) is 30.6. The molecule has 16 aromatic rings. The Morgan fingerprint density at radius 1 is 0.462 bits per heavy atom. The fourth-order valence-corrected chi connectivity index (χ4v) is 16.8. The number of benzene rings is 2. The number of hydrogen-bond acceptors (Lipinski definition) is 21. The highest BCUT2D eigenvalue weighted by Crippen LogP contribution is 2.32. The number of oxazole rings is 1. The third kappa shape index (κ3) is 16.7. The molecule has 0 bridgehead atoms. The highest BCUT2D eigenvalue weighted by Gasteiger charge is 2.25. The van der Waals surface area contributed by atoms with Crippen molar-refractivity contribution in [3.05, 3.63) is 251 Å². The SMILES string of the molecule is CCN1CC=C(c2ccc3nc(-c4ccc5nc(C)oc5c4)cc(=O)n3n2)CC1.CCN1CCN(c2ccc3nc(-c4cc(Cl)c5nc(C)cn5c4)cc(=O)n3c2)CC1.CCN1CCN(c2ccc3nc(-c4cc(Cl)c5nc(C)cn5c4)cc(=O)n3c2)C[C@H]1C.CN1CCCN(c2ccc3nc(-c4ccc5c(cnn5C)c4)cc(=O)n3c2)CC1. The Bertz CT molecular complexity index is 6850. The second kappa shape index (κ2) is 33.6. The van der Waals surface area contributed by atoms with Gasteiger partial charge in [0, 0.05) is 194 Å². The molecule has 30 heteroatoms. The van der Waals surface area contributed by atoms with E-state index in [1.54, 1.807) is 31.4 Å². The van der Waals surface area contributed by atoms with E-state index in [0.29, 0.717) is 84.2 Å². The van der Waals surface area contributed by atoms with Gasteiger partial charge in [-0.25, -0.2) is 34.9 Å². The Morgan fingerprint density at radius 3 is 1.56 bits per heavy atom. The van der Waals surface area contributed by atoms with Gasteiger partial charge < -0.3 is 37.7 Å². The molecule has 3 fully saturated rings. The van der Waals surface area contributed by atoms with Crippen molar-refractivity contribution in [2.24, 2.45) is 7.05 Å². The summed E-state index contributed by atoms with van der Waals surface area (Å²) < 4.78 is 17.4. The van der Waals surface area contributed by atoms with Gasteiger partial charge in [0.25, 0.3) is 22.2 Å². The Morgan fingerprint density at radius 2 is 0.992 bits per heavy atom. The van der Waals surface area contributed by atoms with E-state index in [0.717, 1.165) is 190 Å². The molecule has 20 rings (SSSR count). The van der Waals surface area contributed by atoms with Crippen molar-refractivity contribution in [2.75, 3.05) is 126 Å². The van der Waals surface area contributed by atoms with Crippen molar-refractivity contribution in [2.45, 2.75) is 67.3 Å². The summed E-state index contributed by atoms with van der Waals surface area (Å²) in [6.07, 6.45) is 19.4. The molecular formula is C89H93Cl2N23O5. The van der Waals surface area contributed by atoms with Crippen LogP contribution in [0.25, 0.3) is 106 Å². The average molecular weight is 1640 g/mol. The maximum atomic E-state index is 13.0. The topological polar surface area (TPSA) is 251 Å². The van der Waals surface area contributed by atoms with Crippen LogP contribution in [0.2, 0.25) is 10.0 Å². The van der Waals surface area contributed by atoms with Gasteiger partial charge in [0.1, 0.15) is 22.5 Å². The molecule has 4 aliphatic rings. The zero-order chi connectivity index (χ0) is 82.4. The molecule has 4 aliphatic heterocycles. The van der Waals surface area contributed by atoms with Crippen LogP contribution in [0.3, 0.4) is 0 Å². The largest absolute Gasteiger partial charge is 0.441 e. The van der Waals surface area contributed by atoms with Gasteiger partial charge in [-0.1, -0.05) is 62.2 Å². The van der Waals surface area contributed by atoms with E-state index in [-0.39, 0.29) is 22.2 Å². The molecule has 3 saturated heterocycles. The molecule has 2 aromatic carbocycles. The summed E-state index contributed by atoms with van der Waals surface area (Å²) in [6, 6.07) is 37.8. The fraction of sp³-hybridized carbons (Fsp3) is 0.315. The molecule has 608 valence electrons. The van der Waals surface area contributed by atoms with E-state index in [2.05, 4.69) is 117 Å². The summed E-state index contributed by atoms with van der Waals surface area (Å²) >= 11 is 12.8. The first-order valence-electron chi connectivity index (χ1n) is 40.6. The van der Waals surface area contributed by atoms with Gasteiger partial charge in [0.2, 0.25) is 0 Å². The zero-order valence-corrected chi connectivity index (χ0v) is 69.6. The van der Waals surface area contributed by atoms with Crippen molar-refractivity contribution >= 4 is 102 Å². The van der Waals surface area contributed by atoms with Crippen molar-refractivity contribution in [1.29, 1.82) is 0 Å². The minimum atomic E-state index is -0.202. The van der Waals surface area contributed by atoms with Crippen LogP contribution >= 0.6 is 23.2 Å². The van der Waals surface area contributed by atoms with Gasteiger partial charge in [-0.3, -0.25) is 46.9 Å². The third-order valence-electron chi connectivity index (χ3n) is 23.0. The monoisotopic (exact) mass is 1630 g/mol. The summed E-state index contributed by atoms with van der Waals surface area (Å²) in [5.74, 6) is 0.611. The number of aromatic nitrogens is 16. The van der Waals surface area contributed by atoms with Gasteiger partial charge in [-0.2, -0.15) is 14.7 Å². The van der Waals surface area contributed by atoms with Crippen LogP contribution in [-0.4, -0.2) is 214 Å². The van der Waals surface area contributed by atoms with Crippen LogP contribution < -0.4 is 36.9 Å². The number of rotatable bonds is 11. The van der Waals surface area contributed by atoms with Crippen molar-refractivity contribution in [3.8, 4) is 45.0 Å². The zero-order valence-electron chi connectivity index (χ0n) is 68.1. The fourth-order valence-electron chi connectivity index (χ4n) is 16.3. The first-order chi connectivity index (χ1) is 57.6. The Balaban J connectivity index is 0.000000113. The number of hydrogen-bond donors (Lipinski definition) is 0. The molecule has 0 amide bonds. The smallest absolute Gasteiger partial charge is 0.275 e. The van der Waals surface area contributed by atoms with E-state index < -0.39 is 0 Å². The van der Waals surface area contributed by atoms with E-state index in [1.807, 2.05) is 176 Å². The average Bonchev–Trinajstić information content (AvgIpc) is 1.76. The molecule has 119 heavy (non-hydrogen) atoms. The van der Waals surface area contributed by atoms with Crippen LogP contribution in [0, 0.1) is 20.8 Å². The lowest BCUT2D eigenvalue weighted by Crippen LogP contribution is -2.51. The Labute approximate surface area is 695 Å². The van der Waals surface area contributed by atoms with Gasteiger partial charge in [0.05, 0.1) is 78.7 Å². The number of likely N-dealkylation sites (N-methyl/N-ethyl adjacent to an activating group) is 4. The quantitative estimate of drug-likeness (QED) is 0.117. The van der Waals surface area contributed by atoms with Gasteiger partial charge >= 0.3 is 0 Å². The standard InChI is InChI=1S/C23H25ClN6O.C22H23ClN6O.C22H24N6O.C22H21N5O2/c1-4-27-7-8-28(12-16(27)3)18-5-6-21-26-20(10-22(31)30(21)14-18)17-9-19(24)23-25-15(2)11-29(23)13-17;1-3-26-6-8-27(9-7-26)17-4-5-20-25-19(11-21(30)29(20)14-17)16-10-18(23)22-24-15(2)12-28(22)13-16;1-25-8-3-9-27(11-10-25)18-5-7-21-24-19(13-22(29)28(21)15-18)16-4-6-20-17(12-16)14-23-26(20)2;1-3-26-10-8-15(9-11-26)17-6-7-21-24-19(13-22(28)27(21)25-17)16-4-5-18-20(12-16)29-14(2)23-18/h5-6,9-11,13-14,16H,4,7-8,12H2,1-3H3;4-5,10-14H,3,6-9H2,1-2H3;4-7,12-15H,3,8-11H2,1-2H3;4-8,12-13H,3,9-11H2,1-2H3/t16-;;;/m1.../s1. The molecule has 0 unspecified atom stereocenters. The molecule has 14 aromatic heterocycles. The second-order valence-corrected chi connectivity index (χ2v) is 31.8. The second-order valence-electron chi connectivity index (χ2n) is 31.0. The summed E-state index contributed by atoms with van der Waals surface area (Å²) in [5, 5.41) is 10.9. The number of pyridine rings is 5. The van der Waals surface area contributed by atoms with Crippen molar-refractivity contribution in [1.82, 2.24) is 95.9 Å². The maximum absolute atomic E-state index is 13.0. The van der Waals surface area contributed by atoms with E-state index in [9.17, 15) is 19.2 Å². The van der Waals surface area contributed by atoms with E-state index in [4.69, 9.17) is 42.6 Å². The van der Waals surface area contributed by atoms with Crippen LogP contribution in [0.5, 0.6) is 0 Å². The lowest BCUT2D eigenvalue weighted by atomic mass is 10.0. The minimum absolute atomic E-state index is 0.0647. The number of anilines is 3. The molecular weight excluding hydrogens is 1540 g/mol. The van der Waals surface area contributed by atoms with Gasteiger partial charge in [0.15, 0.2) is 28.4 Å². The molecule has 0 spiro atoms. The molecule has 0 saturated carbocycles. The number of fused-ring (bicyclic) bond motifs is 8. The summed E-state index contributed by atoms with van der Waals surface area (Å²) in [5.41, 5.74) is 18.6. The minimum Gasteiger partial charge on any atom is -0.441 e. The molecule has 0 aliphatic carbocycles. The highest BCUT2D eigenvalue weighted by molar-refractivity contribution is 6.34. The Kier molecular flexibility index (Phi) is 22.4. The maximum Gasteiger partial charge on any atom is 0.275 e. The number of halogens is 2. The number of piperazine rings is 2. The number of nitrogens with zero attached hydrogens (tertiary/aromatic N) is 23. The highest BCUT2D eigenvalue weighted by atomic mass is 35.5. The molecule has 1 atom stereocenters. The molecule has 18 heterocycles. The predicted octanol–water partition coefficient (Wildman–Crippen LogP) is 12.3. The molecule has 0 radical (unpaired) electrons. The Hall–Kier alpha value is -12.3. The summed E-state index contributed by atoms with van der Waals surface area (Å²) in [7, 11) is 4.07. The van der Waals surface area contributed by atoms with E-state index in [1.165, 1.54) is 16.2 Å². The van der Waals surface area contributed by atoms with E-state index >= 15 is 0 Å². The predicted molar refractivity (Wildman–Crippen MR) is 471 cm³/mol. The van der Waals surface area contributed by atoms with Gasteiger partial charge in [-0.05, 0) is 157 Å². The lowest BCUT2D eigenvalue weighted by molar-refractivity contribution is 0.199. The first-order valence-corrected chi connectivity index (χ1v) is 41.3. The molecule has 28 nitrogen and oxygen atoms in total.